The maximum atomic E-state index is 11.8. The Balaban J connectivity index is 2.05. The van der Waals surface area contributed by atoms with Crippen molar-refractivity contribution in [2.24, 2.45) is 7.05 Å². The summed E-state index contributed by atoms with van der Waals surface area (Å²) < 4.78 is 7.55. The predicted octanol–water partition coefficient (Wildman–Crippen LogP) is 3.73. The molecule has 4 heteroatoms. The van der Waals surface area contributed by atoms with E-state index in [1.165, 1.54) is 22.2 Å². The second-order valence-electron chi connectivity index (χ2n) is 6.06. The van der Waals surface area contributed by atoms with Crippen molar-refractivity contribution in [2.75, 3.05) is 13.7 Å². The number of hydrogen-bond donors (Lipinski definition) is 1. The number of nitrogens with zero attached hydrogens (tertiary/aromatic N) is 1. The van der Waals surface area contributed by atoms with Crippen LogP contribution in [-0.2, 0) is 18.3 Å². The third-order valence-corrected chi connectivity index (χ3v) is 4.53. The van der Waals surface area contributed by atoms with E-state index in [0.29, 0.717) is 13.0 Å². The zero-order valence-electron chi connectivity index (χ0n) is 14.7. The number of amides is 1. The molecular formula is C19H28N2O2. The van der Waals surface area contributed by atoms with Crippen LogP contribution in [0.3, 0.4) is 0 Å². The Kier molecular flexibility index (Phi) is 6.08. The number of nitrogens with one attached hydrogen (secondary N) is 1. The summed E-state index contributed by atoms with van der Waals surface area (Å²) >= 11 is 0. The minimum absolute atomic E-state index is 0.161. The molecule has 126 valence electrons. The summed E-state index contributed by atoms with van der Waals surface area (Å²) in [7, 11) is 3.77. The average molecular weight is 316 g/mol. The lowest BCUT2D eigenvalue weighted by atomic mass is 10.1. The van der Waals surface area contributed by atoms with Crippen LogP contribution in [0.4, 0.5) is 0 Å². The van der Waals surface area contributed by atoms with E-state index >= 15 is 0 Å². The number of benzene rings is 1. The first-order valence-corrected chi connectivity index (χ1v) is 8.47. The van der Waals surface area contributed by atoms with E-state index in [1.807, 2.05) is 6.07 Å². The number of hydrogen-bond acceptors (Lipinski definition) is 2. The van der Waals surface area contributed by atoms with Gasteiger partial charge in [0.2, 0.25) is 5.91 Å². The monoisotopic (exact) mass is 316 g/mol. The Morgan fingerprint density at radius 1 is 1.30 bits per heavy atom. The van der Waals surface area contributed by atoms with Crippen molar-refractivity contribution in [2.45, 2.75) is 46.0 Å². The maximum absolute atomic E-state index is 11.8. The van der Waals surface area contributed by atoms with Crippen LogP contribution in [0.5, 0.6) is 5.75 Å². The molecule has 4 nitrogen and oxygen atoms in total. The Hall–Kier alpha value is -1.97. The van der Waals surface area contributed by atoms with E-state index in [9.17, 15) is 4.79 Å². The highest BCUT2D eigenvalue weighted by Crippen LogP contribution is 2.28. The minimum atomic E-state index is 0.161. The summed E-state index contributed by atoms with van der Waals surface area (Å²) in [5.74, 6) is 1.03. The Morgan fingerprint density at radius 3 is 2.78 bits per heavy atom. The van der Waals surface area contributed by atoms with Crippen LogP contribution in [0.2, 0.25) is 0 Å². The SMILES string of the molecule is CCCCCC(=O)NCCc1c(C)n(C)c2ccc(OC)cc12. The van der Waals surface area contributed by atoms with Gasteiger partial charge in [-0.2, -0.15) is 0 Å². The Labute approximate surface area is 138 Å². The summed E-state index contributed by atoms with van der Waals surface area (Å²) in [5.41, 5.74) is 3.73. The normalized spacial score (nSPS) is 11.0. The van der Waals surface area contributed by atoms with Gasteiger partial charge in [-0.25, -0.2) is 0 Å². The van der Waals surface area contributed by atoms with Gasteiger partial charge in [0.1, 0.15) is 5.75 Å². The number of aromatic nitrogens is 1. The van der Waals surface area contributed by atoms with E-state index in [0.717, 1.165) is 31.4 Å². The number of carbonyl (C=O) groups is 1. The number of fused-ring (bicyclic) bond motifs is 1. The summed E-state index contributed by atoms with van der Waals surface area (Å²) in [6, 6.07) is 6.16. The van der Waals surface area contributed by atoms with Crippen molar-refractivity contribution < 1.29 is 9.53 Å². The lowest BCUT2D eigenvalue weighted by Gasteiger charge is -2.06. The number of rotatable bonds is 8. The van der Waals surface area contributed by atoms with Gasteiger partial charge in [0.05, 0.1) is 7.11 Å². The van der Waals surface area contributed by atoms with Crippen LogP contribution in [-0.4, -0.2) is 24.1 Å². The highest BCUT2D eigenvalue weighted by molar-refractivity contribution is 5.87. The van der Waals surface area contributed by atoms with Crippen molar-refractivity contribution in [3.05, 3.63) is 29.5 Å². The van der Waals surface area contributed by atoms with Crippen LogP contribution in [0.1, 0.15) is 43.9 Å². The first-order chi connectivity index (χ1) is 11.1. The molecule has 2 aromatic rings. The molecule has 1 N–H and O–H groups in total. The molecule has 0 aliphatic rings. The third kappa shape index (κ3) is 4.06. The van der Waals surface area contributed by atoms with Gasteiger partial charge in [0.15, 0.2) is 0 Å². The summed E-state index contributed by atoms with van der Waals surface area (Å²) in [6.07, 6.45) is 4.72. The standard InChI is InChI=1S/C19H28N2O2/c1-5-6-7-8-19(22)20-12-11-16-14(2)21(3)18-10-9-15(23-4)13-17(16)18/h9-10,13H,5-8,11-12H2,1-4H3,(H,20,22). The van der Waals surface area contributed by atoms with Gasteiger partial charge in [0, 0.05) is 36.6 Å². The molecule has 23 heavy (non-hydrogen) atoms. The van der Waals surface area contributed by atoms with Crippen molar-refractivity contribution in [3.8, 4) is 5.75 Å². The van der Waals surface area contributed by atoms with E-state index in [1.54, 1.807) is 7.11 Å². The number of ether oxygens (including phenoxy) is 1. The molecular weight excluding hydrogens is 288 g/mol. The molecule has 1 aromatic heterocycles. The fourth-order valence-electron chi connectivity index (χ4n) is 3.02. The van der Waals surface area contributed by atoms with E-state index in [-0.39, 0.29) is 5.91 Å². The first-order valence-electron chi connectivity index (χ1n) is 8.47. The molecule has 0 spiro atoms. The molecule has 2 rings (SSSR count). The van der Waals surface area contributed by atoms with Crippen LogP contribution < -0.4 is 10.1 Å². The summed E-state index contributed by atoms with van der Waals surface area (Å²) in [4.78, 5) is 11.8. The van der Waals surface area contributed by atoms with Crippen molar-refractivity contribution in [3.63, 3.8) is 0 Å². The van der Waals surface area contributed by atoms with Crippen LogP contribution in [0, 0.1) is 6.92 Å². The number of carbonyl (C=O) groups excluding carboxylic acids is 1. The topological polar surface area (TPSA) is 43.3 Å². The fraction of sp³-hybridized carbons (Fsp3) is 0.526. The average Bonchev–Trinajstić information content (AvgIpc) is 2.79. The van der Waals surface area contributed by atoms with Gasteiger partial charge >= 0.3 is 0 Å². The predicted molar refractivity (Wildman–Crippen MR) is 95.1 cm³/mol. The quantitative estimate of drug-likeness (QED) is 0.754. The van der Waals surface area contributed by atoms with Crippen LogP contribution in [0.15, 0.2) is 18.2 Å². The smallest absolute Gasteiger partial charge is 0.220 e. The molecule has 0 unspecified atom stereocenters. The van der Waals surface area contributed by atoms with E-state index < -0.39 is 0 Å². The maximum Gasteiger partial charge on any atom is 0.220 e. The summed E-state index contributed by atoms with van der Waals surface area (Å²) in [6.45, 7) is 4.96. The van der Waals surface area contributed by atoms with Gasteiger partial charge in [-0.05, 0) is 43.5 Å². The zero-order valence-corrected chi connectivity index (χ0v) is 14.7. The second-order valence-corrected chi connectivity index (χ2v) is 6.06. The fourth-order valence-corrected chi connectivity index (χ4v) is 3.02. The molecule has 0 aliphatic heterocycles. The highest BCUT2D eigenvalue weighted by atomic mass is 16.5. The van der Waals surface area contributed by atoms with Crippen molar-refractivity contribution >= 4 is 16.8 Å². The molecule has 1 aromatic carbocycles. The van der Waals surface area contributed by atoms with Gasteiger partial charge < -0.3 is 14.6 Å². The lowest BCUT2D eigenvalue weighted by molar-refractivity contribution is -0.121. The molecule has 0 bridgehead atoms. The van der Waals surface area contributed by atoms with Crippen molar-refractivity contribution in [1.82, 2.24) is 9.88 Å². The third-order valence-electron chi connectivity index (χ3n) is 4.53. The first kappa shape index (κ1) is 17.4. The molecule has 0 atom stereocenters. The highest BCUT2D eigenvalue weighted by Gasteiger charge is 2.13. The Bertz CT molecular complexity index is 674. The van der Waals surface area contributed by atoms with E-state index in [4.69, 9.17) is 4.74 Å². The van der Waals surface area contributed by atoms with Gasteiger partial charge in [0.25, 0.3) is 0 Å². The molecule has 1 heterocycles. The van der Waals surface area contributed by atoms with Crippen molar-refractivity contribution in [1.29, 1.82) is 0 Å². The van der Waals surface area contributed by atoms with Gasteiger partial charge in [-0.1, -0.05) is 19.8 Å². The van der Waals surface area contributed by atoms with Crippen LogP contribution >= 0.6 is 0 Å². The number of methoxy groups -OCH3 is 1. The molecule has 0 fully saturated rings. The molecule has 0 radical (unpaired) electrons. The number of unbranched alkanes of at least 4 members (excludes halogenated alkanes) is 2. The van der Waals surface area contributed by atoms with Gasteiger partial charge in [-0.3, -0.25) is 4.79 Å². The second kappa shape index (κ2) is 8.04. The molecule has 0 saturated heterocycles. The minimum Gasteiger partial charge on any atom is -0.497 e. The lowest BCUT2D eigenvalue weighted by Crippen LogP contribution is -2.25. The molecule has 1 amide bonds. The number of aryl methyl sites for hydroxylation is 1. The molecule has 0 saturated carbocycles. The summed E-state index contributed by atoms with van der Waals surface area (Å²) in [5, 5.41) is 4.25. The van der Waals surface area contributed by atoms with Crippen LogP contribution in [0.25, 0.3) is 10.9 Å². The van der Waals surface area contributed by atoms with Gasteiger partial charge in [-0.15, -0.1) is 0 Å². The molecule has 0 aliphatic carbocycles. The Morgan fingerprint density at radius 2 is 2.09 bits per heavy atom. The zero-order chi connectivity index (χ0) is 16.8. The largest absolute Gasteiger partial charge is 0.497 e. The van der Waals surface area contributed by atoms with E-state index in [2.05, 4.69) is 42.9 Å².